The molecule has 1 amide bonds. The molecule has 1 aromatic heterocycles. The van der Waals surface area contributed by atoms with Crippen molar-refractivity contribution >= 4 is 17.3 Å². The number of para-hydroxylation sites is 1. The van der Waals surface area contributed by atoms with E-state index in [4.69, 9.17) is 0 Å². The Morgan fingerprint density at radius 3 is 2.44 bits per heavy atom. The number of tetrazole rings is 1. The van der Waals surface area contributed by atoms with Crippen molar-refractivity contribution in [3.05, 3.63) is 60.4 Å². The molecule has 3 aromatic rings. The summed E-state index contributed by atoms with van der Waals surface area (Å²) in [5.74, 6) is -0.207. The fraction of sp³-hybridized carbons (Fsp3) is 0.222. The van der Waals surface area contributed by atoms with Crippen molar-refractivity contribution in [3.8, 4) is 5.69 Å². The lowest BCUT2D eigenvalue weighted by atomic mass is 10.1. The van der Waals surface area contributed by atoms with Gasteiger partial charge < -0.3 is 10.2 Å². The summed E-state index contributed by atoms with van der Waals surface area (Å²) < 4.78 is 1.47. The van der Waals surface area contributed by atoms with E-state index in [1.54, 1.807) is 12.1 Å². The van der Waals surface area contributed by atoms with Crippen molar-refractivity contribution in [2.45, 2.75) is 13.8 Å². The third-order valence-electron chi connectivity index (χ3n) is 4.00. The van der Waals surface area contributed by atoms with E-state index in [1.807, 2.05) is 36.4 Å². The molecule has 1 heterocycles. The summed E-state index contributed by atoms with van der Waals surface area (Å²) in [6.45, 7) is 6.13. The molecule has 0 saturated heterocycles. The first-order chi connectivity index (χ1) is 12.2. The maximum Gasteiger partial charge on any atom is 0.257 e. The van der Waals surface area contributed by atoms with E-state index in [0.717, 1.165) is 24.5 Å². The van der Waals surface area contributed by atoms with E-state index in [-0.39, 0.29) is 5.91 Å². The van der Waals surface area contributed by atoms with Gasteiger partial charge in [0.25, 0.3) is 5.91 Å². The van der Waals surface area contributed by atoms with Crippen LogP contribution in [0, 0.1) is 0 Å². The summed E-state index contributed by atoms with van der Waals surface area (Å²) in [6.07, 6.45) is 1.46. The van der Waals surface area contributed by atoms with Gasteiger partial charge in [0, 0.05) is 24.5 Å². The molecule has 0 aliphatic heterocycles. The predicted molar refractivity (Wildman–Crippen MR) is 97.1 cm³/mol. The Hall–Kier alpha value is -3.22. The second-order valence-corrected chi connectivity index (χ2v) is 5.44. The van der Waals surface area contributed by atoms with Crippen LogP contribution in [0.3, 0.4) is 0 Å². The number of hydrogen-bond donors (Lipinski definition) is 1. The maximum absolute atomic E-state index is 12.7. The van der Waals surface area contributed by atoms with Crippen LogP contribution < -0.4 is 10.2 Å². The normalized spacial score (nSPS) is 10.5. The fourth-order valence-electron chi connectivity index (χ4n) is 2.68. The molecule has 0 radical (unpaired) electrons. The molecule has 7 heteroatoms. The van der Waals surface area contributed by atoms with Gasteiger partial charge in [-0.1, -0.05) is 12.1 Å². The summed E-state index contributed by atoms with van der Waals surface area (Å²) >= 11 is 0. The van der Waals surface area contributed by atoms with Gasteiger partial charge >= 0.3 is 0 Å². The largest absolute Gasteiger partial charge is 0.372 e. The summed E-state index contributed by atoms with van der Waals surface area (Å²) in [5.41, 5.74) is 3.01. The summed E-state index contributed by atoms with van der Waals surface area (Å²) in [6, 6.07) is 15.0. The lowest BCUT2D eigenvalue weighted by Crippen LogP contribution is -2.21. The second-order valence-electron chi connectivity index (χ2n) is 5.44. The summed E-state index contributed by atoms with van der Waals surface area (Å²) in [4.78, 5) is 14.9. The Kier molecular flexibility index (Phi) is 5.03. The van der Waals surface area contributed by atoms with Crippen molar-refractivity contribution in [2.24, 2.45) is 0 Å². The first kappa shape index (κ1) is 16.6. The van der Waals surface area contributed by atoms with Crippen molar-refractivity contribution in [2.75, 3.05) is 23.3 Å². The number of rotatable bonds is 6. The minimum Gasteiger partial charge on any atom is -0.372 e. The lowest BCUT2D eigenvalue weighted by molar-refractivity contribution is 0.102. The fourth-order valence-corrected chi connectivity index (χ4v) is 2.68. The zero-order chi connectivity index (χ0) is 17.6. The number of carbonyl (C=O) groups excluding carboxylic acids is 1. The molecule has 128 valence electrons. The molecular formula is C18H20N6O. The van der Waals surface area contributed by atoms with Crippen LogP contribution in [0.5, 0.6) is 0 Å². The molecule has 0 bridgehead atoms. The number of nitrogens with zero attached hydrogens (tertiary/aromatic N) is 5. The Bertz CT molecular complexity index is 825. The molecule has 2 aromatic carbocycles. The Morgan fingerprint density at radius 2 is 1.80 bits per heavy atom. The number of aromatic nitrogens is 4. The quantitative estimate of drug-likeness (QED) is 0.749. The topological polar surface area (TPSA) is 75.9 Å². The third kappa shape index (κ3) is 3.65. The zero-order valence-corrected chi connectivity index (χ0v) is 14.3. The number of hydrogen-bond acceptors (Lipinski definition) is 5. The van der Waals surface area contributed by atoms with Crippen molar-refractivity contribution < 1.29 is 4.79 Å². The average molecular weight is 336 g/mol. The average Bonchev–Trinajstić information content (AvgIpc) is 3.18. The van der Waals surface area contributed by atoms with Crippen LogP contribution in [0.15, 0.2) is 54.9 Å². The van der Waals surface area contributed by atoms with Gasteiger partial charge in [-0.3, -0.25) is 4.79 Å². The monoisotopic (exact) mass is 336 g/mol. The Morgan fingerprint density at radius 1 is 1.08 bits per heavy atom. The molecule has 0 spiro atoms. The van der Waals surface area contributed by atoms with E-state index in [1.165, 1.54) is 11.0 Å². The highest BCUT2D eigenvalue weighted by molar-refractivity contribution is 6.06. The van der Waals surface area contributed by atoms with Crippen LogP contribution in [0.4, 0.5) is 11.4 Å². The van der Waals surface area contributed by atoms with Gasteiger partial charge in [0.05, 0.1) is 11.3 Å². The van der Waals surface area contributed by atoms with Gasteiger partial charge in [0.2, 0.25) is 0 Å². The third-order valence-corrected chi connectivity index (χ3v) is 4.00. The van der Waals surface area contributed by atoms with Crippen LogP contribution >= 0.6 is 0 Å². The minimum absolute atomic E-state index is 0.207. The predicted octanol–water partition coefficient (Wildman–Crippen LogP) is 2.76. The van der Waals surface area contributed by atoms with E-state index in [2.05, 4.69) is 39.6 Å². The van der Waals surface area contributed by atoms with Crippen LogP contribution in [0.2, 0.25) is 0 Å². The minimum atomic E-state index is -0.207. The zero-order valence-electron chi connectivity index (χ0n) is 14.3. The van der Waals surface area contributed by atoms with Gasteiger partial charge in [-0.2, -0.15) is 4.68 Å². The van der Waals surface area contributed by atoms with Gasteiger partial charge in [-0.05, 0) is 60.7 Å². The van der Waals surface area contributed by atoms with Crippen molar-refractivity contribution in [1.82, 2.24) is 20.2 Å². The Balaban J connectivity index is 1.79. The molecule has 1 N–H and O–H groups in total. The smallest absolute Gasteiger partial charge is 0.257 e. The van der Waals surface area contributed by atoms with Crippen LogP contribution in [-0.2, 0) is 0 Å². The molecule has 0 aliphatic carbocycles. The lowest BCUT2D eigenvalue weighted by Gasteiger charge is -2.21. The first-order valence-corrected chi connectivity index (χ1v) is 8.21. The van der Waals surface area contributed by atoms with Gasteiger partial charge in [-0.15, -0.1) is 5.10 Å². The molecule has 0 atom stereocenters. The first-order valence-electron chi connectivity index (χ1n) is 8.21. The van der Waals surface area contributed by atoms with Gasteiger partial charge in [0.1, 0.15) is 6.33 Å². The standard InChI is InChI=1S/C18H20N6O/c1-3-23(4-2)15-11-9-14(10-12-15)20-18(25)16-7-5-6-8-17(16)24-13-19-21-22-24/h5-13H,3-4H2,1-2H3,(H,20,25). The number of nitrogens with one attached hydrogen (secondary N) is 1. The highest BCUT2D eigenvalue weighted by Gasteiger charge is 2.13. The SMILES string of the molecule is CCN(CC)c1ccc(NC(=O)c2ccccc2-n2cnnn2)cc1. The van der Waals surface area contributed by atoms with Crippen LogP contribution in [0.25, 0.3) is 5.69 Å². The molecule has 0 saturated carbocycles. The number of anilines is 2. The summed E-state index contributed by atoms with van der Waals surface area (Å²) in [5, 5.41) is 14.0. The van der Waals surface area contributed by atoms with E-state index < -0.39 is 0 Å². The molecule has 25 heavy (non-hydrogen) atoms. The molecule has 0 fully saturated rings. The molecule has 0 unspecified atom stereocenters. The second kappa shape index (κ2) is 7.57. The molecule has 7 nitrogen and oxygen atoms in total. The van der Waals surface area contributed by atoms with Gasteiger partial charge in [0.15, 0.2) is 0 Å². The van der Waals surface area contributed by atoms with Crippen LogP contribution in [0.1, 0.15) is 24.2 Å². The van der Waals surface area contributed by atoms with Gasteiger partial charge in [-0.25, -0.2) is 0 Å². The number of carbonyl (C=O) groups is 1. The van der Waals surface area contributed by atoms with Crippen molar-refractivity contribution in [3.63, 3.8) is 0 Å². The molecule has 0 aliphatic rings. The number of amides is 1. The van der Waals surface area contributed by atoms with Crippen LogP contribution in [-0.4, -0.2) is 39.2 Å². The van der Waals surface area contributed by atoms with E-state index in [0.29, 0.717) is 11.3 Å². The van der Waals surface area contributed by atoms with Crippen molar-refractivity contribution in [1.29, 1.82) is 0 Å². The van der Waals surface area contributed by atoms with E-state index in [9.17, 15) is 4.79 Å². The van der Waals surface area contributed by atoms with E-state index >= 15 is 0 Å². The highest BCUT2D eigenvalue weighted by atomic mass is 16.1. The molecular weight excluding hydrogens is 316 g/mol. The number of benzene rings is 2. The maximum atomic E-state index is 12.7. The highest BCUT2D eigenvalue weighted by Crippen LogP contribution is 2.19. The Labute approximate surface area is 146 Å². The molecule has 3 rings (SSSR count). The summed E-state index contributed by atoms with van der Waals surface area (Å²) in [7, 11) is 0.